The highest BCUT2D eigenvalue weighted by atomic mass is 35.5. The lowest BCUT2D eigenvalue weighted by molar-refractivity contribution is 0.256. The van der Waals surface area contributed by atoms with Crippen molar-refractivity contribution < 1.29 is 13.2 Å². The number of likely N-dealkylation sites (N-methyl/N-ethyl adjacent to an activating group) is 1. The van der Waals surface area contributed by atoms with E-state index in [1.165, 1.54) is 23.0 Å². The van der Waals surface area contributed by atoms with E-state index in [9.17, 15) is 18.0 Å². The van der Waals surface area contributed by atoms with Crippen molar-refractivity contribution in [1.82, 2.24) is 19.2 Å². The minimum absolute atomic E-state index is 0.0716. The van der Waals surface area contributed by atoms with E-state index in [2.05, 4.69) is 20.5 Å². The predicted molar refractivity (Wildman–Crippen MR) is 143 cm³/mol. The van der Waals surface area contributed by atoms with Crippen LogP contribution in [0.25, 0.3) is 16.6 Å². The number of urea groups is 1. The first kappa shape index (κ1) is 25.6. The molecule has 0 saturated heterocycles. The molecule has 4 rings (SSSR count). The highest BCUT2D eigenvalue weighted by Crippen LogP contribution is 2.25. The molecule has 2 aromatic carbocycles. The molecule has 0 radical (unpaired) electrons. The molecule has 4 aromatic rings. The summed E-state index contributed by atoms with van der Waals surface area (Å²) < 4.78 is 28.1. The van der Waals surface area contributed by atoms with Crippen molar-refractivity contribution in [2.45, 2.75) is 4.21 Å². The Balaban J connectivity index is 1.46. The molecule has 0 spiro atoms. The quantitative estimate of drug-likeness (QED) is 0.308. The molecule has 0 aliphatic rings. The molecule has 0 aliphatic heterocycles. The standard InChI is InChI=1S/C23H23ClN6O4S2/c1-29(2)12-11-25-16-5-8-18-19(13-16)26-14-30(22(18)31)17-6-3-15(4-7-17)27-23(32)28-36(33,34)21-10-9-20(24)35-21/h3-10,13-14,25H,11-12H2,1-2H3,(H2,27,28,32). The first-order valence-corrected chi connectivity index (χ1v) is 13.4. The van der Waals surface area contributed by atoms with Crippen molar-refractivity contribution >= 4 is 61.3 Å². The topological polar surface area (TPSA) is 125 Å². The van der Waals surface area contributed by atoms with Crippen LogP contribution in [0.3, 0.4) is 0 Å². The van der Waals surface area contributed by atoms with E-state index >= 15 is 0 Å². The average molecular weight is 547 g/mol. The molecule has 13 heteroatoms. The van der Waals surface area contributed by atoms with Crippen molar-refractivity contribution in [2.24, 2.45) is 0 Å². The van der Waals surface area contributed by atoms with Gasteiger partial charge in [0.15, 0.2) is 0 Å². The Kier molecular flexibility index (Phi) is 7.59. The van der Waals surface area contributed by atoms with Crippen LogP contribution in [0.15, 0.2) is 69.9 Å². The highest BCUT2D eigenvalue weighted by Gasteiger charge is 2.20. The number of halogens is 1. The summed E-state index contributed by atoms with van der Waals surface area (Å²) in [7, 11) is -0.0430. The molecular formula is C23H23ClN6O4S2. The first-order chi connectivity index (χ1) is 17.1. The van der Waals surface area contributed by atoms with E-state index in [0.717, 1.165) is 30.1 Å². The molecule has 2 heterocycles. The maximum Gasteiger partial charge on any atom is 0.333 e. The summed E-state index contributed by atoms with van der Waals surface area (Å²) in [5.74, 6) is 0. The van der Waals surface area contributed by atoms with Crippen molar-refractivity contribution in [1.29, 1.82) is 0 Å². The molecule has 0 fully saturated rings. The molecule has 2 aromatic heterocycles. The number of thiophene rings is 1. The first-order valence-electron chi connectivity index (χ1n) is 10.7. The van der Waals surface area contributed by atoms with E-state index in [1.54, 1.807) is 30.3 Å². The third-order valence-corrected chi connectivity index (χ3v) is 8.15. The summed E-state index contributed by atoms with van der Waals surface area (Å²) in [6.45, 7) is 1.64. The zero-order chi connectivity index (χ0) is 25.9. The molecule has 10 nitrogen and oxygen atoms in total. The van der Waals surface area contributed by atoms with Gasteiger partial charge < -0.3 is 15.5 Å². The summed E-state index contributed by atoms with van der Waals surface area (Å²) in [5.41, 5.74) is 2.10. The van der Waals surface area contributed by atoms with Crippen LogP contribution in [0.1, 0.15) is 0 Å². The summed E-state index contributed by atoms with van der Waals surface area (Å²) in [4.78, 5) is 31.7. The second kappa shape index (κ2) is 10.7. The number of benzene rings is 2. The zero-order valence-corrected chi connectivity index (χ0v) is 21.7. The Morgan fingerprint density at radius 1 is 1.08 bits per heavy atom. The van der Waals surface area contributed by atoms with Crippen LogP contribution in [0.4, 0.5) is 16.2 Å². The lowest BCUT2D eigenvalue weighted by atomic mass is 10.2. The molecule has 0 saturated carbocycles. The Bertz CT molecular complexity index is 1570. The monoisotopic (exact) mass is 546 g/mol. The summed E-state index contributed by atoms with van der Waals surface area (Å²) >= 11 is 6.61. The van der Waals surface area contributed by atoms with Gasteiger partial charge in [-0.3, -0.25) is 9.36 Å². The average Bonchev–Trinajstić information content (AvgIpc) is 3.27. The van der Waals surface area contributed by atoms with E-state index < -0.39 is 16.1 Å². The number of rotatable bonds is 8. The molecule has 3 N–H and O–H groups in total. The molecule has 2 amide bonds. The van der Waals surface area contributed by atoms with Crippen molar-refractivity contribution in [3.8, 4) is 5.69 Å². The van der Waals surface area contributed by atoms with E-state index in [4.69, 9.17) is 11.6 Å². The van der Waals surface area contributed by atoms with Gasteiger partial charge in [0.05, 0.1) is 20.9 Å². The number of nitrogens with one attached hydrogen (secondary N) is 3. The summed E-state index contributed by atoms with van der Waals surface area (Å²) in [6.07, 6.45) is 1.45. The minimum atomic E-state index is -4.04. The number of hydrogen-bond donors (Lipinski definition) is 3. The van der Waals surface area contributed by atoms with Gasteiger partial charge in [0.1, 0.15) is 10.5 Å². The number of amides is 2. The van der Waals surface area contributed by atoms with Gasteiger partial charge in [-0.1, -0.05) is 11.6 Å². The third-order valence-electron chi connectivity index (χ3n) is 5.09. The van der Waals surface area contributed by atoms with Crippen molar-refractivity contribution in [2.75, 3.05) is 37.8 Å². The lowest BCUT2D eigenvalue weighted by Crippen LogP contribution is -2.33. The summed E-state index contributed by atoms with van der Waals surface area (Å²) in [5, 5.41) is 6.23. The predicted octanol–water partition coefficient (Wildman–Crippen LogP) is 3.58. The Labute approximate surface area is 216 Å². The Morgan fingerprint density at radius 2 is 1.81 bits per heavy atom. The van der Waals surface area contributed by atoms with Crippen LogP contribution in [0.5, 0.6) is 0 Å². The smallest absolute Gasteiger partial charge is 0.333 e. The maximum absolute atomic E-state index is 13.0. The lowest BCUT2D eigenvalue weighted by Gasteiger charge is -2.12. The Hall–Kier alpha value is -3.45. The normalized spacial score (nSPS) is 11.6. The Morgan fingerprint density at radius 3 is 2.47 bits per heavy atom. The maximum atomic E-state index is 13.0. The fourth-order valence-electron chi connectivity index (χ4n) is 3.32. The van der Waals surface area contributed by atoms with Gasteiger partial charge in [-0.15, -0.1) is 11.3 Å². The van der Waals surface area contributed by atoms with Crippen molar-refractivity contribution in [3.05, 3.63) is 75.6 Å². The fraction of sp³-hybridized carbons (Fsp3) is 0.174. The highest BCUT2D eigenvalue weighted by molar-refractivity contribution is 7.92. The number of sulfonamides is 1. The molecule has 0 atom stereocenters. The SMILES string of the molecule is CN(C)CCNc1ccc2c(=O)n(-c3ccc(NC(=O)NS(=O)(=O)c4ccc(Cl)s4)cc3)cnc2c1. The van der Waals surface area contributed by atoms with E-state index in [-0.39, 0.29) is 9.77 Å². The number of fused-ring (bicyclic) bond motifs is 1. The van der Waals surface area contributed by atoms with E-state index in [0.29, 0.717) is 26.6 Å². The van der Waals surface area contributed by atoms with Crippen molar-refractivity contribution in [3.63, 3.8) is 0 Å². The van der Waals surface area contributed by atoms with Crippen LogP contribution in [-0.4, -0.2) is 56.1 Å². The zero-order valence-electron chi connectivity index (χ0n) is 19.4. The molecule has 0 aliphatic carbocycles. The van der Waals surface area contributed by atoms with E-state index in [1.807, 2.05) is 31.0 Å². The largest absolute Gasteiger partial charge is 0.384 e. The molecule has 36 heavy (non-hydrogen) atoms. The number of carbonyl (C=O) groups is 1. The number of anilines is 2. The minimum Gasteiger partial charge on any atom is -0.384 e. The number of aromatic nitrogens is 2. The second-order valence-electron chi connectivity index (χ2n) is 8.05. The fourth-order valence-corrected chi connectivity index (χ4v) is 5.71. The van der Waals surface area contributed by atoms with Gasteiger partial charge in [0.2, 0.25) is 0 Å². The van der Waals surface area contributed by atoms with Gasteiger partial charge >= 0.3 is 6.03 Å². The molecule has 188 valence electrons. The van der Waals surface area contributed by atoms with Gasteiger partial charge in [-0.2, -0.15) is 0 Å². The van der Waals surface area contributed by atoms with Crippen LogP contribution in [0.2, 0.25) is 4.34 Å². The number of carbonyl (C=O) groups excluding carboxylic acids is 1. The summed E-state index contributed by atoms with van der Waals surface area (Å²) in [6, 6.07) is 13.6. The third kappa shape index (κ3) is 6.02. The molecular weight excluding hydrogens is 524 g/mol. The molecule has 0 bridgehead atoms. The van der Waals surface area contributed by atoms with Crippen LogP contribution in [0, 0.1) is 0 Å². The van der Waals surface area contributed by atoms with Gasteiger partial charge in [-0.25, -0.2) is 22.9 Å². The van der Waals surface area contributed by atoms with Gasteiger partial charge in [0.25, 0.3) is 15.6 Å². The number of nitrogens with zero attached hydrogens (tertiary/aromatic N) is 3. The van der Waals surface area contributed by atoms with Gasteiger partial charge in [0, 0.05) is 24.5 Å². The van der Waals surface area contributed by atoms with Crippen LogP contribution >= 0.6 is 22.9 Å². The van der Waals surface area contributed by atoms with Crippen LogP contribution < -0.4 is 20.9 Å². The van der Waals surface area contributed by atoms with Gasteiger partial charge in [-0.05, 0) is 68.7 Å². The van der Waals surface area contributed by atoms with Crippen LogP contribution in [-0.2, 0) is 10.0 Å². The second-order valence-corrected chi connectivity index (χ2v) is 11.7. The number of hydrogen-bond acceptors (Lipinski definition) is 8. The molecule has 0 unspecified atom stereocenters.